The van der Waals surface area contributed by atoms with Gasteiger partial charge in [-0.1, -0.05) is 12.1 Å². The maximum atomic E-state index is 12.9. The molecule has 1 aliphatic heterocycles. The van der Waals surface area contributed by atoms with Gasteiger partial charge in [-0.05, 0) is 36.4 Å². The molecule has 0 aliphatic carbocycles. The van der Waals surface area contributed by atoms with E-state index in [1.165, 1.54) is 11.8 Å². The molecule has 29 heavy (non-hydrogen) atoms. The zero-order valence-corrected chi connectivity index (χ0v) is 17.1. The van der Waals surface area contributed by atoms with Crippen LogP contribution in [0.2, 0.25) is 0 Å². The molecule has 0 N–H and O–H groups in total. The molecule has 0 saturated carbocycles. The van der Waals surface area contributed by atoms with Gasteiger partial charge in [-0.15, -0.1) is 0 Å². The Bertz CT molecular complexity index is 845. The standard InChI is InChI=1S/C22H27N3O4/c1-17(26)25(20-6-4-5-7-21(20)29-3)16-22(27)24-14-12-23(13-15-24)18-8-10-19(28-2)11-9-18/h4-11H,12-16H2,1-3H3. The Hall–Kier alpha value is -3.22. The quantitative estimate of drug-likeness (QED) is 0.749. The van der Waals surface area contributed by atoms with Crippen LogP contribution in [-0.4, -0.2) is 63.7 Å². The van der Waals surface area contributed by atoms with Crippen molar-refractivity contribution in [1.29, 1.82) is 0 Å². The molecule has 3 rings (SSSR count). The van der Waals surface area contributed by atoms with Gasteiger partial charge in [0, 0.05) is 38.8 Å². The molecule has 2 amide bonds. The van der Waals surface area contributed by atoms with E-state index in [2.05, 4.69) is 4.90 Å². The van der Waals surface area contributed by atoms with E-state index < -0.39 is 0 Å². The molecule has 154 valence electrons. The minimum atomic E-state index is -0.195. The lowest BCUT2D eigenvalue weighted by Crippen LogP contribution is -2.51. The predicted octanol–water partition coefficient (Wildman–Crippen LogP) is 2.41. The van der Waals surface area contributed by atoms with Crippen LogP contribution in [0, 0.1) is 0 Å². The third-order valence-electron chi connectivity index (χ3n) is 5.12. The van der Waals surface area contributed by atoms with Gasteiger partial charge >= 0.3 is 0 Å². The molecule has 0 spiro atoms. The molecule has 0 unspecified atom stereocenters. The highest BCUT2D eigenvalue weighted by Crippen LogP contribution is 2.28. The Morgan fingerprint density at radius 1 is 0.931 bits per heavy atom. The highest BCUT2D eigenvalue weighted by Gasteiger charge is 2.25. The van der Waals surface area contributed by atoms with Crippen molar-refractivity contribution in [2.75, 3.05) is 56.7 Å². The van der Waals surface area contributed by atoms with Crippen LogP contribution in [0.15, 0.2) is 48.5 Å². The van der Waals surface area contributed by atoms with Crippen molar-refractivity contribution in [1.82, 2.24) is 4.90 Å². The van der Waals surface area contributed by atoms with Crippen LogP contribution in [0.1, 0.15) is 6.92 Å². The zero-order valence-electron chi connectivity index (χ0n) is 17.1. The second-order valence-corrected chi connectivity index (χ2v) is 6.84. The molecule has 1 heterocycles. The van der Waals surface area contributed by atoms with Gasteiger partial charge in [-0.2, -0.15) is 0 Å². The molecule has 0 radical (unpaired) electrons. The summed E-state index contributed by atoms with van der Waals surface area (Å²) in [4.78, 5) is 30.6. The zero-order chi connectivity index (χ0) is 20.8. The average molecular weight is 397 g/mol. The fourth-order valence-electron chi connectivity index (χ4n) is 3.46. The van der Waals surface area contributed by atoms with Gasteiger partial charge in [0.15, 0.2) is 0 Å². The largest absolute Gasteiger partial charge is 0.497 e. The number of nitrogens with zero attached hydrogens (tertiary/aromatic N) is 3. The Morgan fingerprint density at radius 2 is 1.59 bits per heavy atom. The summed E-state index contributed by atoms with van der Waals surface area (Å²) in [6.07, 6.45) is 0. The van der Waals surface area contributed by atoms with Crippen molar-refractivity contribution in [2.24, 2.45) is 0 Å². The number of benzene rings is 2. The molecule has 0 atom stereocenters. The van der Waals surface area contributed by atoms with Gasteiger partial charge in [0.2, 0.25) is 11.8 Å². The third-order valence-corrected chi connectivity index (χ3v) is 5.12. The summed E-state index contributed by atoms with van der Waals surface area (Å²) >= 11 is 0. The average Bonchev–Trinajstić information content (AvgIpc) is 2.77. The van der Waals surface area contributed by atoms with E-state index in [-0.39, 0.29) is 18.4 Å². The summed E-state index contributed by atoms with van der Waals surface area (Å²) in [5, 5.41) is 0. The number of carbonyl (C=O) groups is 2. The van der Waals surface area contributed by atoms with E-state index in [4.69, 9.17) is 9.47 Å². The van der Waals surface area contributed by atoms with Crippen LogP contribution < -0.4 is 19.3 Å². The number of amides is 2. The van der Waals surface area contributed by atoms with Crippen molar-refractivity contribution in [2.45, 2.75) is 6.92 Å². The van der Waals surface area contributed by atoms with Gasteiger partial charge in [0.1, 0.15) is 18.0 Å². The maximum Gasteiger partial charge on any atom is 0.242 e. The molecule has 0 aromatic heterocycles. The van der Waals surface area contributed by atoms with E-state index >= 15 is 0 Å². The Kier molecular flexibility index (Phi) is 6.59. The molecule has 1 saturated heterocycles. The predicted molar refractivity (Wildman–Crippen MR) is 113 cm³/mol. The number of ether oxygens (including phenoxy) is 2. The number of carbonyl (C=O) groups excluding carboxylic acids is 2. The summed E-state index contributed by atoms with van der Waals surface area (Å²) in [6, 6.07) is 15.1. The number of rotatable bonds is 6. The number of hydrogen-bond acceptors (Lipinski definition) is 5. The number of piperazine rings is 1. The molecular formula is C22H27N3O4. The van der Waals surface area contributed by atoms with Crippen LogP contribution in [0.5, 0.6) is 11.5 Å². The molecular weight excluding hydrogens is 370 g/mol. The van der Waals surface area contributed by atoms with Gasteiger partial charge in [0.25, 0.3) is 0 Å². The molecule has 0 bridgehead atoms. The van der Waals surface area contributed by atoms with Gasteiger partial charge in [0.05, 0.1) is 19.9 Å². The van der Waals surface area contributed by atoms with Crippen molar-refractivity contribution in [3.63, 3.8) is 0 Å². The van der Waals surface area contributed by atoms with E-state index in [0.29, 0.717) is 24.5 Å². The first-order valence-corrected chi connectivity index (χ1v) is 9.61. The second kappa shape index (κ2) is 9.32. The topological polar surface area (TPSA) is 62.3 Å². The van der Waals surface area contributed by atoms with E-state index in [0.717, 1.165) is 24.5 Å². The van der Waals surface area contributed by atoms with Crippen molar-refractivity contribution < 1.29 is 19.1 Å². The fraction of sp³-hybridized carbons (Fsp3) is 0.364. The summed E-state index contributed by atoms with van der Waals surface area (Å²) in [6.45, 7) is 4.17. The lowest BCUT2D eigenvalue weighted by atomic mass is 10.2. The Labute approximate surface area is 171 Å². The number of hydrogen-bond donors (Lipinski definition) is 0. The normalized spacial score (nSPS) is 13.8. The summed E-state index contributed by atoms with van der Waals surface area (Å²) < 4.78 is 10.6. The number of methoxy groups -OCH3 is 2. The van der Waals surface area contributed by atoms with Crippen LogP contribution in [0.3, 0.4) is 0 Å². The van der Waals surface area contributed by atoms with E-state index in [1.807, 2.05) is 41.3 Å². The lowest BCUT2D eigenvalue weighted by molar-refractivity contribution is -0.131. The third kappa shape index (κ3) is 4.80. The van der Waals surface area contributed by atoms with Crippen molar-refractivity contribution in [3.05, 3.63) is 48.5 Å². The first-order chi connectivity index (χ1) is 14.0. The van der Waals surface area contributed by atoms with Crippen LogP contribution in [-0.2, 0) is 9.59 Å². The minimum Gasteiger partial charge on any atom is -0.497 e. The van der Waals surface area contributed by atoms with Crippen molar-refractivity contribution in [3.8, 4) is 11.5 Å². The van der Waals surface area contributed by atoms with Crippen LogP contribution in [0.25, 0.3) is 0 Å². The molecule has 1 fully saturated rings. The fourth-order valence-corrected chi connectivity index (χ4v) is 3.46. The van der Waals surface area contributed by atoms with E-state index in [1.54, 1.807) is 26.4 Å². The summed E-state index contributed by atoms with van der Waals surface area (Å²) in [5.41, 5.74) is 1.71. The monoisotopic (exact) mass is 397 g/mol. The minimum absolute atomic E-state index is 0.00174. The van der Waals surface area contributed by atoms with Gasteiger partial charge in [-0.25, -0.2) is 0 Å². The highest BCUT2D eigenvalue weighted by molar-refractivity contribution is 5.98. The lowest BCUT2D eigenvalue weighted by Gasteiger charge is -2.37. The molecule has 7 heteroatoms. The first-order valence-electron chi connectivity index (χ1n) is 9.61. The second-order valence-electron chi connectivity index (χ2n) is 6.84. The summed E-state index contributed by atoms with van der Waals surface area (Å²) in [5.74, 6) is 1.13. The molecule has 2 aromatic rings. The maximum absolute atomic E-state index is 12.9. The van der Waals surface area contributed by atoms with Gasteiger partial charge in [-0.3, -0.25) is 14.5 Å². The van der Waals surface area contributed by atoms with Crippen molar-refractivity contribution >= 4 is 23.2 Å². The smallest absolute Gasteiger partial charge is 0.242 e. The van der Waals surface area contributed by atoms with Gasteiger partial charge < -0.3 is 19.3 Å². The molecule has 1 aliphatic rings. The molecule has 2 aromatic carbocycles. The first kappa shape index (κ1) is 20.5. The Morgan fingerprint density at radius 3 is 2.17 bits per heavy atom. The Balaban J connectivity index is 1.62. The van der Waals surface area contributed by atoms with Crippen LogP contribution in [0.4, 0.5) is 11.4 Å². The molecule has 7 nitrogen and oxygen atoms in total. The highest BCUT2D eigenvalue weighted by atomic mass is 16.5. The number of anilines is 2. The SMILES string of the molecule is COc1ccc(N2CCN(C(=O)CN(C(C)=O)c3ccccc3OC)CC2)cc1. The number of para-hydroxylation sites is 2. The van der Waals surface area contributed by atoms with E-state index in [9.17, 15) is 9.59 Å². The summed E-state index contributed by atoms with van der Waals surface area (Å²) in [7, 11) is 3.20. The van der Waals surface area contributed by atoms with Crippen LogP contribution >= 0.6 is 0 Å².